The Balaban J connectivity index is 1.84. The highest BCUT2D eigenvalue weighted by molar-refractivity contribution is 5.87. The second-order valence-corrected chi connectivity index (χ2v) is 10.4. The monoisotopic (exact) mass is 518 g/mol. The number of hydrogen-bond acceptors (Lipinski definition) is 4. The first-order valence-corrected chi connectivity index (χ1v) is 13.6. The van der Waals surface area contributed by atoms with Crippen LogP contribution in [0.5, 0.6) is 11.5 Å². The molecule has 4 heteroatoms. The van der Waals surface area contributed by atoms with E-state index in [-0.39, 0.29) is 11.9 Å². The quantitative estimate of drug-likeness (QED) is 0.169. The largest absolute Gasteiger partial charge is 0.426 e. The van der Waals surface area contributed by atoms with Crippen molar-refractivity contribution in [1.29, 1.82) is 0 Å². The van der Waals surface area contributed by atoms with Crippen molar-refractivity contribution in [3.05, 3.63) is 117 Å². The minimum Gasteiger partial charge on any atom is -0.426 e. The third kappa shape index (κ3) is 4.24. The van der Waals surface area contributed by atoms with E-state index in [0.29, 0.717) is 24.3 Å². The smallest absolute Gasteiger partial charge is 0.310 e. The van der Waals surface area contributed by atoms with Gasteiger partial charge in [-0.1, -0.05) is 86.6 Å². The van der Waals surface area contributed by atoms with E-state index in [9.17, 15) is 9.59 Å². The van der Waals surface area contributed by atoms with Gasteiger partial charge in [-0.05, 0) is 83.3 Å². The van der Waals surface area contributed by atoms with Gasteiger partial charge < -0.3 is 9.47 Å². The summed E-state index contributed by atoms with van der Waals surface area (Å²) in [5.74, 6) is 0.747. The topological polar surface area (TPSA) is 52.6 Å². The van der Waals surface area contributed by atoms with E-state index in [1.165, 1.54) is 22.3 Å². The zero-order valence-corrected chi connectivity index (χ0v) is 23.5. The van der Waals surface area contributed by atoms with Crippen LogP contribution in [0.3, 0.4) is 0 Å². The molecule has 198 valence electrons. The average molecular weight is 519 g/mol. The maximum Gasteiger partial charge on any atom is 0.310 e. The number of esters is 2. The third-order valence-electron chi connectivity index (χ3n) is 7.75. The van der Waals surface area contributed by atoms with Gasteiger partial charge >= 0.3 is 11.9 Å². The van der Waals surface area contributed by atoms with Crippen molar-refractivity contribution in [2.24, 2.45) is 0 Å². The van der Waals surface area contributed by atoms with E-state index in [1.54, 1.807) is 13.8 Å². The lowest BCUT2D eigenvalue weighted by molar-refractivity contribution is -0.135. The van der Waals surface area contributed by atoms with E-state index >= 15 is 0 Å². The number of fused-ring (bicyclic) bond motifs is 3. The summed E-state index contributed by atoms with van der Waals surface area (Å²) >= 11 is 0. The molecule has 0 radical (unpaired) electrons. The van der Waals surface area contributed by atoms with Crippen molar-refractivity contribution >= 4 is 11.9 Å². The Bertz CT molecular complexity index is 1440. The fourth-order valence-corrected chi connectivity index (χ4v) is 6.05. The molecule has 0 bridgehead atoms. The fraction of sp³-hybridized carbons (Fsp3) is 0.257. The first-order valence-electron chi connectivity index (χ1n) is 13.6. The SMILES string of the molecule is CCC(=O)Oc1c(C)cc(C2(c3cc(C)c(OC(=O)CC)c(C)c3)c3ccccc3-c3ccccc32)cc1C. The molecule has 39 heavy (non-hydrogen) atoms. The van der Waals surface area contributed by atoms with E-state index < -0.39 is 5.41 Å². The van der Waals surface area contributed by atoms with Gasteiger partial charge in [-0.2, -0.15) is 0 Å². The molecule has 5 rings (SSSR count). The molecule has 4 aromatic carbocycles. The summed E-state index contributed by atoms with van der Waals surface area (Å²) in [6, 6.07) is 25.7. The van der Waals surface area contributed by atoms with Gasteiger partial charge in [0.1, 0.15) is 11.5 Å². The Hall–Kier alpha value is -4.18. The van der Waals surface area contributed by atoms with Crippen LogP contribution in [-0.2, 0) is 15.0 Å². The van der Waals surface area contributed by atoms with Gasteiger partial charge in [0.05, 0.1) is 5.41 Å². The molecule has 0 spiro atoms. The van der Waals surface area contributed by atoms with Gasteiger partial charge in [0.2, 0.25) is 0 Å². The maximum absolute atomic E-state index is 12.2. The first kappa shape index (κ1) is 26.4. The summed E-state index contributed by atoms with van der Waals surface area (Å²) in [6.45, 7) is 11.6. The molecule has 0 unspecified atom stereocenters. The molecule has 4 nitrogen and oxygen atoms in total. The van der Waals surface area contributed by atoms with Gasteiger partial charge in [0, 0.05) is 12.8 Å². The molecular formula is C35H34O4. The van der Waals surface area contributed by atoms with Crippen molar-refractivity contribution in [3.63, 3.8) is 0 Å². The fourth-order valence-electron chi connectivity index (χ4n) is 6.05. The second kappa shape index (κ2) is 10.2. The lowest BCUT2D eigenvalue weighted by Gasteiger charge is -2.35. The average Bonchev–Trinajstić information content (AvgIpc) is 3.23. The Labute approximate surface area is 230 Å². The van der Waals surface area contributed by atoms with Crippen LogP contribution in [0.1, 0.15) is 71.2 Å². The van der Waals surface area contributed by atoms with Gasteiger partial charge in [-0.3, -0.25) is 9.59 Å². The molecule has 4 aromatic rings. The maximum atomic E-state index is 12.2. The highest BCUT2D eigenvalue weighted by atomic mass is 16.5. The number of rotatable bonds is 6. The van der Waals surface area contributed by atoms with Gasteiger partial charge in [0.25, 0.3) is 0 Å². The molecule has 0 heterocycles. The van der Waals surface area contributed by atoms with Crippen LogP contribution in [-0.4, -0.2) is 11.9 Å². The zero-order chi connectivity index (χ0) is 27.9. The third-order valence-corrected chi connectivity index (χ3v) is 7.75. The predicted octanol–water partition coefficient (Wildman–Crippen LogP) is 7.91. The minimum atomic E-state index is -0.612. The number of ether oxygens (including phenoxy) is 2. The Morgan fingerprint density at radius 3 is 1.26 bits per heavy atom. The zero-order valence-electron chi connectivity index (χ0n) is 23.5. The molecule has 0 aliphatic heterocycles. The summed E-state index contributed by atoms with van der Waals surface area (Å²) in [5, 5.41) is 0. The van der Waals surface area contributed by atoms with Crippen LogP contribution in [0.2, 0.25) is 0 Å². The van der Waals surface area contributed by atoms with Crippen molar-refractivity contribution < 1.29 is 19.1 Å². The Morgan fingerprint density at radius 1 is 0.590 bits per heavy atom. The second-order valence-electron chi connectivity index (χ2n) is 10.4. The standard InChI is InChI=1S/C35H34O4/c1-7-31(36)38-33-21(3)17-25(18-22(33)4)35(26-19-23(5)34(24(6)20-26)39-32(37)8-2)29-15-11-9-13-27(29)28-14-10-12-16-30(28)35/h9-20H,7-8H2,1-6H3. The van der Waals surface area contributed by atoms with Crippen LogP contribution >= 0.6 is 0 Å². The highest BCUT2D eigenvalue weighted by Crippen LogP contribution is 2.57. The van der Waals surface area contributed by atoms with Gasteiger partial charge in [-0.25, -0.2) is 0 Å². The number of benzene rings is 4. The molecule has 0 fully saturated rings. The van der Waals surface area contributed by atoms with Crippen molar-refractivity contribution in [1.82, 2.24) is 0 Å². The van der Waals surface area contributed by atoms with E-state index in [4.69, 9.17) is 9.47 Å². The Kier molecular flexibility index (Phi) is 6.90. The summed E-state index contributed by atoms with van der Waals surface area (Å²) in [7, 11) is 0. The minimum absolute atomic E-state index is 0.247. The van der Waals surface area contributed by atoms with Gasteiger partial charge in [0.15, 0.2) is 0 Å². The lowest BCUT2D eigenvalue weighted by atomic mass is 9.66. The molecular weight excluding hydrogens is 484 g/mol. The van der Waals surface area contributed by atoms with Crippen LogP contribution < -0.4 is 9.47 Å². The molecule has 0 aromatic heterocycles. The lowest BCUT2D eigenvalue weighted by Crippen LogP contribution is -2.29. The number of hydrogen-bond donors (Lipinski definition) is 0. The summed E-state index contributed by atoms with van der Waals surface area (Å²) < 4.78 is 11.5. The van der Waals surface area contributed by atoms with Crippen molar-refractivity contribution in [3.8, 4) is 22.6 Å². The summed E-state index contributed by atoms with van der Waals surface area (Å²) in [4.78, 5) is 24.4. The van der Waals surface area contributed by atoms with Crippen molar-refractivity contribution in [2.45, 2.75) is 59.8 Å². The highest BCUT2D eigenvalue weighted by Gasteiger charge is 2.46. The van der Waals surface area contributed by atoms with E-state index in [2.05, 4.69) is 72.8 Å². The summed E-state index contributed by atoms with van der Waals surface area (Å²) in [6.07, 6.45) is 0.637. The van der Waals surface area contributed by atoms with E-state index in [0.717, 1.165) is 33.4 Å². The van der Waals surface area contributed by atoms with Crippen LogP contribution in [0.4, 0.5) is 0 Å². The van der Waals surface area contributed by atoms with E-state index in [1.807, 2.05) is 27.7 Å². The molecule has 0 N–H and O–H groups in total. The van der Waals surface area contributed by atoms with Crippen LogP contribution in [0.25, 0.3) is 11.1 Å². The van der Waals surface area contributed by atoms with Crippen LogP contribution in [0, 0.1) is 27.7 Å². The molecule has 0 saturated heterocycles. The predicted molar refractivity (Wildman–Crippen MR) is 155 cm³/mol. The molecule has 1 aliphatic carbocycles. The Morgan fingerprint density at radius 2 is 0.923 bits per heavy atom. The number of aryl methyl sites for hydroxylation is 4. The number of carbonyl (C=O) groups excluding carboxylic acids is 2. The molecule has 0 amide bonds. The first-order chi connectivity index (χ1) is 18.7. The normalized spacial score (nSPS) is 13.0. The molecule has 1 aliphatic rings. The number of carbonyl (C=O) groups is 2. The van der Waals surface area contributed by atoms with Gasteiger partial charge in [-0.15, -0.1) is 0 Å². The molecule has 0 saturated carbocycles. The van der Waals surface area contributed by atoms with Crippen LogP contribution in [0.15, 0.2) is 72.8 Å². The molecule has 0 atom stereocenters. The van der Waals surface area contributed by atoms with Crippen molar-refractivity contribution in [2.75, 3.05) is 0 Å². The summed E-state index contributed by atoms with van der Waals surface area (Å²) in [5.41, 5.74) is 10.0.